The third kappa shape index (κ3) is 3.55. The molecule has 1 aromatic rings. The Bertz CT molecular complexity index is 576. The molecule has 1 rings (SSSR count). The van der Waals surface area contributed by atoms with Gasteiger partial charge in [-0.3, -0.25) is 10.1 Å². The minimum Gasteiger partial charge on any atom is -0.545 e. The van der Waals surface area contributed by atoms with Crippen LogP contribution in [0.15, 0.2) is 12.1 Å². The van der Waals surface area contributed by atoms with E-state index in [1.807, 2.05) is 0 Å². The number of hydrogen-bond acceptors (Lipinski definition) is 6. The second-order valence-electron chi connectivity index (χ2n) is 5.00. The maximum atomic E-state index is 11.1. The number of carbonyl (C=O) groups is 2. The summed E-state index contributed by atoms with van der Waals surface area (Å²) in [6, 6.07) is 1.70. The van der Waals surface area contributed by atoms with Crippen LogP contribution in [0.5, 0.6) is 0 Å². The van der Waals surface area contributed by atoms with Crippen molar-refractivity contribution in [3.63, 3.8) is 0 Å². The summed E-state index contributed by atoms with van der Waals surface area (Å²) in [6.45, 7) is 4.83. The number of carboxylic acid groups (broad SMARTS) is 2. The molecule has 1 aromatic carbocycles. The van der Waals surface area contributed by atoms with Crippen LogP contribution in [0.4, 0.5) is 5.69 Å². The fraction of sp³-hybridized carbons (Fsp3) is 0.333. The Morgan fingerprint density at radius 3 is 1.90 bits per heavy atom. The van der Waals surface area contributed by atoms with Gasteiger partial charge in [0, 0.05) is 23.3 Å². The molecule has 0 saturated carbocycles. The minimum atomic E-state index is -1.80. The second-order valence-corrected chi connectivity index (χ2v) is 5.00. The van der Waals surface area contributed by atoms with Gasteiger partial charge in [-0.2, -0.15) is 0 Å². The molecule has 0 unspecified atom stereocenters. The van der Waals surface area contributed by atoms with E-state index in [-0.39, 0.29) is 22.6 Å². The third-order valence-corrected chi connectivity index (χ3v) is 2.57. The molecule has 0 heterocycles. The quantitative estimate of drug-likeness (QED) is 0.423. The number of nitro benzene ring substituents is 1. The van der Waals surface area contributed by atoms with Crippen LogP contribution in [0.1, 0.15) is 47.1 Å². The Kier molecular flexibility index (Phi) is 5.44. The molecule has 111 valence electrons. The zero-order valence-electron chi connectivity index (χ0n) is 10.9. The van der Waals surface area contributed by atoms with Crippen molar-refractivity contribution < 1.29 is 41.8 Å². The predicted octanol–water partition coefficient (Wildman–Crippen LogP) is -0.383. The summed E-state index contributed by atoms with van der Waals surface area (Å²) in [5.41, 5.74) is -2.63. The SMILES string of the molecule is CC(C)(C)c1cc([N+](=O)[O-])cc(C(=O)[O-])c1C(=O)[O-].[Cu+2]. The zero-order valence-corrected chi connectivity index (χ0v) is 11.8. The van der Waals surface area contributed by atoms with E-state index in [0.29, 0.717) is 6.07 Å². The van der Waals surface area contributed by atoms with Gasteiger partial charge in [-0.15, -0.1) is 0 Å². The minimum absolute atomic E-state index is 0. The first-order valence-corrected chi connectivity index (χ1v) is 5.31. The average Bonchev–Trinajstić information content (AvgIpc) is 2.25. The maximum absolute atomic E-state index is 11.1. The standard InChI is InChI=1S/C12H13NO6.Cu/c1-12(2,3)8-5-6(13(18)19)4-7(10(14)15)9(8)11(16)17;/h4-5H,1-3H3,(H,14,15)(H,16,17);/q;+2/p-2. The summed E-state index contributed by atoms with van der Waals surface area (Å²) in [5, 5.41) is 32.8. The van der Waals surface area contributed by atoms with E-state index in [1.54, 1.807) is 20.8 Å². The first-order valence-electron chi connectivity index (χ1n) is 5.31. The van der Waals surface area contributed by atoms with Gasteiger partial charge < -0.3 is 19.8 Å². The van der Waals surface area contributed by atoms with Gasteiger partial charge in [-0.05, 0) is 11.0 Å². The van der Waals surface area contributed by atoms with Gasteiger partial charge in [0.15, 0.2) is 0 Å². The molecule has 0 fully saturated rings. The number of aromatic carboxylic acids is 2. The first-order chi connectivity index (χ1) is 8.55. The zero-order chi connectivity index (χ0) is 15.0. The Balaban J connectivity index is 0.00000361. The molecule has 0 bridgehead atoms. The van der Waals surface area contributed by atoms with Crippen LogP contribution in [0.2, 0.25) is 0 Å². The van der Waals surface area contributed by atoms with Gasteiger partial charge >= 0.3 is 17.1 Å². The fourth-order valence-electron chi connectivity index (χ4n) is 1.70. The first kappa shape index (κ1) is 18.1. The molecule has 7 nitrogen and oxygen atoms in total. The topological polar surface area (TPSA) is 123 Å². The van der Waals surface area contributed by atoms with E-state index in [4.69, 9.17) is 0 Å². The van der Waals surface area contributed by atoms with E-state index in [0.717, 1.165) is 6.07 Å². The summed E-state index contributed by atoms with van der Waals surface area (Å²) in [5.74, 6) is -3.51. The van der Waals surface area contributed by atoms with Gasteiger partial charge in [-0.25, -0.2) is 0 Å². The van der Waals surface area contributed by atoms with Crippen molar-refractivity contribution in [3.05, 3.63) is 38.9 Å². The molecule has 0 aromatic heterocycles. The summed E-state index contributed by atoms with van der Waals surface area (Å²) in [4.78, 5) is 32.0. The number of carboxylic acids is 2. The Morgan fingerprint density at radius 1 is 1.10 bits per heavy atom. The van der Waals surface area contributed by atoms with Crippen LogP contribution >= 0.6 is 0 Å². The van der Waals surface area contributed by atoms with Crippen molar-refractivity contribution in [2.24, 2.45) is 0 Å². The number of benzene rings is 1. The number of nitro groups is 1. The van der Waals surface area contributed by atoms with Gasteiger partial charge in [0.05, 0.1) is 16.9 Å². The number of carbonyl (C=O) groups excluding carboxylic acids is 2. The molecular weight excluding hydrogens is 318 g/mol. The molecule has 0 saturated heterocycles. The van der Waals surface area contributed by atoms with Crippen LogP contribution in [0, 0.1) is 10.1 Å². The van der Waals surface area contributed by atoms with Gasteiger partial charge in [-0.1, -0.05) is 20.8 Å². The molecule has 0 spiro atoms. The third-order valence-electron chi connectivity index (χ3n) is 2.57. The molecule has 0 aliphatic heterocycles. The van der Waals surface area contributed by atoms with Crippen molar-refractivity contribution in [1.29, 1.82) is 0 Å². The largest absolute Gasteiger partial charge is 2.00 e. The van der Waals surface area contributed by atoms with Crippen LogP contribution in [0.25, 0.3) is 0 Å². The van der Waals surface area contributed by atoms with Gasteiger partial charge in [0.1, 0.15) is 0 Å². The summed E-state index contributed by atoms with van der Waals surface area (Å²) >= 11 is 0. The van der Waals surface area contributed by atoms with E-state index in [9.17, 15) is 29.9 Å². The monoisotopic (exact) mass is 328 g/mol. The fourth-order valence-corrected chi connectivity index (χ4v) is 1.70. The van der Waals surface area contributed by atoms with Crippen LogP contribution in [-0.2, 0) is 22.5 Å². The average molecular weight is 329 g/mol. The Labute approximate surface area is 125 Å². The van der Waals surface area contributed by atoms with E-state index < -0.39 is 39.1 Å². The molecule has 0 amide bonds. The van der Waals surface area contributed by atoms with Crippen molar-refractivity contribution in [2.45, 2.75) is 26.2 Å². The van der Waals surface area contributed by atoms with E-state index in [2.05, 4.69) is 0 Å². The van der Waals surface area contributed by atoms with Gasteiger partial charge in [0.25, 0.3) is 5.69 Å². The molecule has 0 atom stereocenters. The maximum Gasteiger partial charge on any atom is 2.00 e. The van der Waals surface area contributed by atoms with Crippen molar-refractivity contribution in [3.8, 4) is 0 Å². The Hall–Kier alpha value is -1.92. The number of rotatable bonds is 3. The molecule has 1 radical (unpaired) electrons. The second kappa shape index (κ2) is 6.02. The smallest absolute Gasteiger partial charge is 0.545 e. The number of nitrogens with zero attached hydrogens (tertiary/aromatic N) is 1. The summed E-state index contributed by atoms with van der Waals surface area (Å²) in [6.07, 6.45) is 0. The van der Waals surface area contributed by atoms with Crippen LogP contribution in [0.3, 0.4) is 0 Å². The summed E-state index contributed by atoms with van der Waals surface area (Å²) < 4.78 is 0. The Morgan fingerprint density at radius 2 is 1.60 bits per heavy atom. The van der Waals surface area contributed by atoms with Gasteiger partial charge in [0.2, 0.25) is 0 Å². The molecular formula is C12H11CuNO6. The number of hydrogen-bond donors (Lipinski definition) is 0. The molecule has 0 N–H and O–H groups in total. The van der Waals surface area contributed by atoms with Crippen molar-refractivity contribution >= 4 is 17.6 Å². The normalized spacial score (nSPS) is 10.6. The van der Waals surface area contributed by atoms with Crippen LogP contribution in [-0.4, -0.2) is 16.9 Å². The predicted molar refractivity (Wildman–Crippen MR) is 60.5 cm³/mol. The van der Waals surface area contributed by atoms with Crippen LogP contribution < -0.4 is 10.2 Å². The van der Waals surface area contributed by atoms with E-state index >= 15 is 0 Å². The van der Waals surface area contributed by atoms with E-state index in [1.165, 1.54) is 0 Å². The molecule has 0 aliphatic rings. The summed E-state index contributed by atoms with van der Waals surface area (Å²) in [7, 11) is 0. The number of non-ortho nitro benzene ring substituents is 1. The molecule has 8 heteroatoms. The van der Waals surface area contributed by atoms with Crippen molar-refractivity contribution in [2.75, 3.05) is 0 Å². The van der Waals surface area contributed by atoms with Crippen molar-refractivity contribution in [1.82, 2.24) is 0 Å². The molecule has 20 heavy (non-hydrogen) atoms. The molecule has 0 aliphatic carbocycles.